The Morgan fingerprint density at radius 1 is 1.25 bits per heavy atom. The molecule has 1 unspecified atom stereocenters. The minimum atomic E-state index is -1.53. The van der Waals surface area contributed by atoms with Crippen LogP contribution in [0.15, 0.2) is 24.3 Å². The standard InChI is InChI=1S/C13H10N2O4S/c1-7(20)14-11(17)10(6-16)15-12(18)8-4-2-3-5-9(8)13(15)19/h2-6,10H,1H3,(H,14,17,20). The van der Waals surface area contributed by atoms with Crippen LogP contribution in [0.3, 0.4) is 0 Å². The molecule has 0 aliphatic carbocycles. The third-order valence-corrected chi connectivity index (χ3v) is 2.90. The molecule has 0 fully saturated rings. The highest BCUT2D eigenvalue weighted by Crippen LogP contribution is 2.24. The number of rotatable bonds is 3. The lowest BCUT2D eigenvalue weighted by atomic mass is 10.1. The Morgan fingerprint density at radius 3 is 2.15 bits per heavy atom. The fourth-order valence-corrected chi connectivity index (χ4v) is 2.05. The summed E-state index contributed by atoms with van der Waals surface area (Å²) in [6.45, 7) is 1.46. The number of aldehydes is 1. The summed E-state index contributed by atoms with van der Waals surface area (Å²) in [4.78, 5) is 48.0. The maximum absolute atomic E-state index is 12.1. The van der Waals surface area contributed by atoms with E-state index < -0.39 is 23.8 Å². The van der Waals surface area contributed by atoms with Gasteiger partial charge in [-0.25, -0.2) is 0 Å². The molecule has 2 rings (SSSR count). The summed E-state index contributed by atoms with van der Waals surface area (Å²) >= 11 is 4.71. The average Bonchev–Trinajstić information content (AvgIpc) is 2.65. The maximum Gasteiger partial charge on any atom is 0.262 e. The molecule has 6 nitrogen and oxygen atoms in total. The normalized spacial score (nSPS) is 14.8. The molecule has 7 heteroatoms. The van der Waals surface area contributed by atoms with Gasteiger partial charge in [-0.1, -0.05) is 24.4 Å². The smallest absolute Gasteiger partial charge is 0.262 e. The third-order valence-electron chi connectivity index (χ3n) is 2.80. The van der Waals surface area contributed by atoms with Crippen LogP contribution in [0.25, 0.3) is 0 Å². The molecule has 0 spiro atoms. The van der Waals surface area contributed by atoms with Gasteiger partial charge in [0.1, 0.15) is 0 Å². The molecule has 1 aromatic rings. The second-order valence-corrected chi connectivity index (χ2v) is 4.76. The van der Waals surface area contributed by atoms with Gasteiger partial charge in [0.2, 0.25) is 0 Å². The van der Waals surface area contributed by atoms with E-state index >= 15 is 0 Å². The monoisotopic (exact) mass is 290 g/mol. The van der Waals surface area contributed by atoms with Crippen LogP contribution in [0.1, 0.15) is 27.6 Å². The van der Waals surface area contributed by atoms with Gasteiger partial charge in [0, 0.05) is 0 Å². The van der Waals surface area contributed by atoms with Gasteiger partial charge in [-0.05, 0) is 19.1 Å². The number of amides is 3. The molecule has 1 heterocycles. The zero-order valence-corrected chi connectivity index (χ0v) is 11.3. The van der Waals surface area contributed by atoms with E-state index in [0.717, 1.165) is 0 Å². The van der Waals surface area contributed by atoms with Crippen molar-refractivity contribution in [2.45, 2.75) is 13.0 Å². The number of benzene rings is 1. The minimum Gasteiger partial charge on any atom is -0.319 e. The van der Waals surface area contributed by atoms with E-state index in [-0.39, 0.29) is 22.4 Å². The second-order valence-electron chi connectivity index (χ2n) is 4.15. The summed E-state index contributed by atoms with van der Waals surface area (Å²) < 4.78 is 0. The predicted octanol–water partition coefficient (Wildman–Crippen LogP) is 0.314. The van der Waals surface area contributed by atoms with E-state index in [2.05, 4.69) is 5.32 Å². The van der Waals surface area contributed by atoms with Gasteiger partial charge in [-0.2, -0.15) is 0 Å². The second kappa shape index (κ2) is 5.30. The number of nitrogens with zero attached hydrogens (tertiary/aromatic N) is 1. The zero-order chi connectivity index (χ0) is 14.9. The summed E-state index contributed by atoms with van der Waals surface area (Å²) in [6.07, 6.45) is 0.245. The van der Waals surface area contributed by atoms with E-state index in [9.17, 15) is 19.2 Å². The third kappa shape index (κ3) is 2.23. The molecule has 1 N–H and O–H groups in total. The van der Waals surface area contributed by atoms with Crippen molar-refractivity contribution in [1.82, 2.24) is 10.2 Å². The first-order chi connectivity index (χ1) is 9.47. The number of hydrogen-bond acceptors (Lipinski definition) is 5. The van der Waals surface area contributed by atoms with Crippen molar-refractivity contribution in [2.75, 3.05) is 0 Å². The lowest BCUT2D eigenvalue weighted by molar-refractivity contribution is -0.127. The molecule has 1 atom stereocenters. The Labute approximate surface area is 119 Å². The maximum atomic E-state index is 12.1. The van der Waals surface area contributed by atoms with E-state index in [4.69, 9.17) is 12.2 Å². The highest BCUT2D eigenvalue weighted by molar-refractivity contribution is 7.80. The zero-order valence-electron chi connectivity index (χ0n) is 10.5. The fourth-order valence-electron chi connectivity index (χ4n) is 1.95. The average molecular weight is 290 g/mol. The van der Waals surface area contributed by atoms with Crippen LogP contribution in [0.5, 0.6) is 0 Å². The first kappa shape index (κ1) is 14.0. The van der Waals surface area contributed by atoms with Gasteiger partial charge >= 0.3 is 0 Å². The van der Waals surface area contributed by atoms with E-state index in [1.54, 1.807) is 12.1 Å². The van der Waals surface area contributed by atoms with Gasteiger partial charge in [-0.15, -0.1) is 0 Å². The minimum absolute atomic E-state index is 0.151. The van der Waals surface area contributed by atoms with Crippen molar-refractivity contribution >= 4 is 41.2 Å². The van der Waals surface area contributed by atoms with Crippen molar-refractivity contribution in [1.29, 1.82) is 0 Å². The van der Waals surface area contributed by atoms with Crippen molar-refractivity contribution in [3.05, 3.63) is 35.4 Å². The molecule has 0 saturated heterocycles. The SMILES string of the molecule is CC(=S)NC(=O)C(C=O)N1C(=O)c2ccccc2C1=O. The highest BCUT2D eigenvalue weighted by Gasteiger charge is 2.42. The Balaban J connectivity index is 2.36. The topological polar surface area (TPSA) is 83.6 Å². The number of fused-ring (bicyclic) bond motifs is 1. The Hall–Kier alpha value is -2.41. The highest BCUT2D eigenvalue weighted by atomic mass is 32.1. The number of carbonyl (C=O) groups excluding carboxylic acids is 4. The lowest BCUT2D eigenvalue weighted by Gasteiger charge is -2.20. The molecule has 1 aliphatic heterocycles. The molecule has 1 aromatic carbocycles. The van der Waals surface area contributed by atoms with Crippen LogP contribution >= 0.6 is 12.2 Å². The molecule has 3 amide bonds. The summed E-state index contributed by atoms with van der Waals surface area (Å²) in [5.41, 5.74) is 0.354. The predicted molar refractivity (Wildman–Crippen MR) is 73.2 cm³/mol. The van der Waals surface area contributed by atoms with Crippen LogP contribution in [0.4, 0.5) is 0 Å². The van der Waals surface area contributed by atoms with Crippen LogP contribution in [0.2, 0.25) is 0 Å². The lowest BCUT2D eigenvalue weighted by Crippen LogP contribution is -2.51. The Kier molecular flexibility index (Phi) is 3.71. The van der Waals surface area contributed by atoms with Crippen molar-refractivity contribution < 1.29 is 19.2 Å². The summed E-state index contributed by atoms with van der Waals surface area (Å²) in [7, 11) is 0. The molecule has 1 aliphatic rings. The Bertz CT molecular complexity index is 606. The van der Waals surface area contributed by atoms with E-state index in [0.29, 0.717) is 4.90 Å². The molecular formula is C13H10N2O4S. The van der Waals surface area contributed by atoms with Gasteiger partial charge in [0.25, 0.3) is 17.7 Å². The van der Waals surface area contributed by atoms with Crippen molar-refractivity contribution in [2.24, 2.45) is 0 Å². The molecule has 0 aromatic heterocycles. The van der Waals surface area contributed by atoms with E-state index in [1.807, 2.05) is 0 Å². The summed E-state index contributed by atoms with van der Waals surface area (Å²) in [5, 5.41) is 2.25. The number of nitrogens with one attached hydrogen (secondary N) is 1. The van der Waals surface area contributed by atoms with Gasteiger partial charge < -0.3 is 10.1 Å². The first-order valence-electron chi connectivity index (χ1n) is 5.71. The molecule has 102 valence electrons. The largest absolute Gasteiger partial charge is 0.319 e. The van der Waals surface area contributed by atoms with Crippen molar-refractivity contribution in [3.63, 3.8) is 0 Å². The molecular weight excluding hydrogens is 280 g/mol. The van der Waals surface area contributed by atoms with Gasteiger partial charge in [0.05, 0.1) is 16.1 Å². The van der Waals surface area contributed by atoms with Crippen LogP contribution in [0, 0.1) is 0 Å². The van der Waals surface area contributed by atoms with Gasteiger partial charge in [0.15, 0.2) is 12.3 Å². The molecule has 0 radical (unpaired) electrons. The number of hydrogen-bond donors (Lipinski definition) is 1. The van der Waals surface area contributed by atoms with Crippen molar-refractivity contribution in [3.8, 4) is 0 Å². The number of carbonyl (C=O) groups is 4. The number of imide groups is 1. The molecule has 0 bridgehead atoms. The van der Waals surface area contributed by atoms with Crippen LogP contribution in [-0.2, 0) is 9.59 Å². The fraction of sp³-hybridized carbons (Fsp3) is 0.154. The Morgan fingerprint density at radius 2 is 1.75 bits per heavy atom. The van der Waals surface area contributed by atoms with E-state index in [1.165, 1.54) is 19.1 Å². The first-order valence-corrected chi connectivity index (χ1v) is 6.12. The van der Waals surface area contributed by atoms with Crippen LogP contribution < -0.4 is 5.32 Å². The number of thiocarbonyl (C=S) groups is 1. The molecule has 0 saturated carbocycles. The molecule has 20 heavy (non-hydrogen) atoms. The summed E-state index contributed by atoms with van der Waals surface area (Å²) in [6, 6.07) is 4.62. The van der Waals surface area contributed by atoms with Crippen LogP contribution in [-0.4, -0.2) is 39.9 Å². The van der Waals surface area contributed by atoms with Gasteiger partial charge in [-0.3, -0.25) is 19.3 Å². The summed E-state index contributed by atoms with van der Waals surface area (Å²) in [5.74, 6) is -2.14. The quantitative estimate of drug-likeness (QED) is 0.375.